The summed E-state index contributed by atoms with van der Waals surface area (Å²) in [7, 11) is 0. The molecule has 8 nitrogen and oxygen atoms in total. The lowest BCUT2D eigenvalue weighted by Gasteiger charge is -2.26. The number of amides is 1. The summed E-state index contributed by atoms with van der Waals surface area (Å²) in [6, 6.07) is 0. The number of aryl methyl sites for hydroxylation is 1. The van der Waals surface area contributed by atoms with Crippen LogP contribution in [0, 0.1) is 5.92 Å². The number of hydrogen-bond acceptors (Lipinski definition) is 6. The van der Waals surface area contributed by atoms with Gasteiger partial charge in [-0.3, -0.25) is 14.2 Å². The zero-order chi connectivity index (χ0) is 20.8. The van der Waals surface area contributed by atoms with Gasteiger partial charge in [0.05, 0.1) is 24.9 Å². The van der Waals surface area contributed by atoms with Crippen LogP contribution in [-0.4, -0.2) is 51.6 Å². The van der Waals surface area contributed by atoms with Crippen molar-refractivity contribution in [3.8, 4) is 0 Å². The van der Waals surface area contributed by atoms with Crippen LogP contribution < -0.4 is 5.56 Å². The number of nitrogens with zero attached hydrogens (tertiary/aromatic N) is 4. The standard InChI is InChI=1S/C22H26N4O4/c1-13(2)10-16-14-4-3-5-15(14)18-19-20(30-21(18)24-16)22(28)26(12-23-19)11-17(27)25-6-8-29-9-7-25/h12-13H,3-11H2,1-2H3. The van der Waals surface area contributed by atoms with E-state index in [9.17, 15) is 9.59 Å². The van der Waals surface area contributed by atoms with Crippen LogP contribution in [-0.2, 0) is 35.3 Å². The van der Waals surface area contributed by atoms with E-state index >= 15 is 0 Å². The Hall–Kier alpha value is -2.74. The summed E-state index contributed by atoms with van der Waals surface area (Å²) >= 11 is 0. The molecule has 30 heavy (non-hydrogen) atoms. The minimum absolute atomic E-state index is 0.0526. The van der Waals surface area contributed by atoms with Crippen LogP contribution in [0.2, 0.25) is 0 Å². The molecule has 1 aliphatic carbocycles. The van der Waals surface area contributed by atoms with Crippen molar-refractivity contribution in [2.45, 2.75) is 46.1 Å². The zero-order valence-electron chi connectivity index (χ0n) is 17.4. The van der Waals surface area contributed by atoms with Crippen LogP contribution in [0.25, 0.3) is 22.2 Å². The van der Waals surface area contributed by atoms with Crippen molar-refractivity contribution in [1.29, 1.82) is 0 Å². The molecule has 2 aliphatic rings. The average molecular weight is 410 g/mol. The highest BCUT2D eigenvalue weighted by molar-refractivity contribution is 6.03. The largest absolute Gasteiger partial charge is 0.430 e. The first-order valence-corrected chi connectivity index (χ1v) is 10.7. The molecule has 0 N–H and O–H groups in total. The lowest BCUT2D eigenvalue weighted by molar-refractivity contribution is -0.135. The van der Waals surface area contributed by atoms with Crippen molar-refractivity contribution in [2.75, 3.05) is 26.3 Å². The second-order valence-electron chi connectivity index (χ2n) is 8.60. The summed E-state index contributed by atoms with van der Waals surface area (Å²) in [5.41, 5.74) is 4.50. The summed E-state index contributed by atoms with van der Waals surface area (Å²) in [6.45, 7) is 6.44. The van der Waals surface area contributed by atoms with E-state index in [1.165, 1.54) is 22.0 Å². The maximum Gasteiger partial charge on any atom is 0.297 e. The summed E-state index contributed by atoms with van der Waals surface area (Å²) in [4.78, 5) is 36.7. The first-order valence-electron chi connectivity index (χ1n) is 10.7. The minimum Gasteiger partial charge on any atom is -0.430 e. The fraction of sp³-hybridized carbons (Fsp3) is 0.545. The van der Waals surface area contributed by atoms with Crippen LogP contribution in [0.4, 0.5) is 0 Å². The van der Waals surface area contributed by atoms with Crippen LogP contribution in [0.15, 0.2) is 15.5 Å². The molecule has 0 aromatic carbocycles. The van der Waals surface area contributed by atoms with Gasteiger partial charge in [0.1, 0.15) is 12.1 Å². The second kappa shape index (κ2) is 7.50. The SMILES string of the molecule is CC(C)Cc1nc2oc3c(=O)n(CC(=O)N4CCOCC4)cnc3c2c2c1CCC2. The lowest BCUT2D eigenvalue weighted by Crippen LogP contribution is -2.43. The van der Waals surface area contributed by atoms with Gasteiger partial charge in [-0.05, 0) is 42.7 Å². The summed E-state index contributed by atoms with van der Waals surface area (Å²) in [5, 5.41) is 0.869. The van der Waals surface area contributed by atoms with E-state index in [0.717, 1.165) is 36.8 Å². The lowest BCUT2D eigenvalue weighted by atomic mass is 9.99. The number of pyridine rings is 1. The number of ether oxygens (including phenoxy) is 1. The van der Waals surface area contributed by atoms with Crippen LogP contribution in [0.3, 0.4) is 0 Å². The van der Waals surface area contributed by atoms with E-state index in [4.69, 9.17) is 14.1 Å². The normalized spacial score (nSPS) is 16.7. The molecule has 1 fully saturated rings. The number of fused-ring (bicyclic) bond motifs is 5. The molecule has 8 heteroatoms. The van der Waals surface area contributed by atoms with Crippen molar-refractivity contribution in [2.24, 2.45) is 5.92 Å². The molecular weight excluding hydrogens is 384 g/mol. The van der Waals surface area contributed by atoms with Gasteiger partial charge in [-0.1, -0.05) is 13.8 Å². The van der Waals surface area contributed by atoms with E-state index in [1.54, 1.807) is 4.90 Å². The average Bonchev–Trinajstić information content (AvgIpc) is 3.35. The van der Waals surface area contributed by atoms with Crippen molar-refractivity contribution in [3.63, 3.8) is 0 Å². The maximum atomic E-state index is 13.1. The molecule has 3 aromatic rings. The van der Waals surface area contributed by atoms with Gasteiger partial charge in [-0.15, -0.1) is 0 Å². The highest BCUT2D eigenvalue weighted by atomic mass is 16.5. The zero-order valence-corrected chi connectivity index (χ0v) is 17.4. The van der Waals surface area contributed by atoms with Gasteiger partial charge >= 0.3 is 0 Å². The number of morpholine rings is 1. The molecule has 5 rings (SSSR count). The predicted molar refractivity (Wildman–Crippen MR) is 112 cm³/mol. The number of rotatable bonds is 4. The summed E-state index contributed by atoms with van der Waals surface area (Å²) < 4.78 is 12.6. The monoisotopic (exact) mass is 410 g/mol. The molecule has 0 unspecified atom stereocenters. The molecule has 0 bridgehead atoms. The molecule has 158 valence electrons. The Morgan fingerprint density at radius 2 is 1.97 bits per heavy atom. The van der Waals surface area contributed by atoms with E-state index in [0.29, 0.717) is 43.5 Å². The fourth-order valence-corrected chi connectivity index (χ4v) is 4.59. The van der Waals surface area contributed by atoms with Crippen molar-refractivity contribution in [3.05, 3.63) is 33.5 Å². The third-order valence-electron chi connectivity index (χ3n) is 6.02. The van der Waals surface area contributed by atoms with Crippen LogP contribution in [0.1, 0.15) is 37.1 Å². The van der Waals surface area contributed by atoms with E-state index in [-0.39, 0.29) is 23.6 Å². The van der Waals surface area contributed by atoms with Crippen LogP contribution >= 0.6 is 0 Å². The first kappa shape index (κ1) is 19.2. The second-order valence-corrected chi connectivity index (χ2v) is 8.60. The summed E-state index contributed by atoms with van der Waals surface area (Å²) in [6.07, 6.45) is 5.40. The molecule has 0 radical (unpaired) electrons. The molecule has 0 saturated carbocycles. The Morgan fingerprint density at radius 1 is 1.20 bits per heavy atom. The third kappa shape index (κ3) is 3.19. The van der Waals surface area contributed by atoms with Gasteiger partial charge in [-0.25, -0.2) is 9.97 Å². The number of aromatic nitrogens is 3. The number of carbonyl (C=O) groups excluding carboxylic acids is 1. The Labute approximate surface area is 173 Å². The van der Waals surface area contributed by atoms with Gasteiger partial charge in [0.2, 0.25) is 17.2 Å². The van der Waals surface area contributed by atoms with E-state index < -0.39 is 0 Å². The number of hydrogen-bond donors (Lipinski definition) is 0. The van der Waals surface area contributed by atoms with Gasteiger partial charge in [0, 0.05) is 18.8 Å². The topological polar surface area (TPSA) is 90.5 Å². The smallest absolute Gasteiger partial charge is 0.297 e. The van der Waals surface area contributed by atoms with Crippen LogP contribution in [0.5, 0.6) is 0 Å². The molecule has 0 spiro atoms. The van der Waals surface area contributed by atoms with Gasteiger partial charge in [0.25, 0.3) is 5.56 Å². The highest BCUT2D eigenvalue weighted by Gasteiger charge is 2.26. The van der Waals surface area contributed by atoms with Gasteiger partial charge < -0.3 is 14.1 Å². The Kier molecular flexibility index (Phi) is 4.81. The molecule has 1 saturated heterocycles. The fourth-order valence-electron chi connectivity index (χ4n) is 4.59. The van der Waals surface area contributed by atoms with Gasteiger partial charge in [0.15, 0.2) is 0 Å². The number of furan rings is 1. The summed E-state index contributed by atoms with van der Waals surface area (Å²) in [5.74, 6) is 0.376. The predicted octanol–water partition coefficient (Wildman–Crippen LogP) is 2.08. The highest BCUT2D eigenvalue weighted by Crippen LogP contribution is 2.36. The molecule has 1 amide bonds. The molecule has 4 heterocycles. The van der Waals surface area contributed by atoms with E-state index in [1.807, 2.05) is 0 Å². The van der Waals surface area contributed by atoms with Gasteiger partial charge in [-0.2, -0.15) is 0 Å². The minimum atomic E-state index is -0.336. The molecule has 0 atom stereocenters. The Morgan fingerprint density at radius 3 is 2.73 bits per heavy atom. The Balaban J connectivity index is 1.58. The third-order valence-corrected chi connectivity index (χ3v) is 6.02. The molecule has 3 aromatic heterocycles. The Bertz CT molecular complexity index is 1190. The van der Waals surface area contributed by atoms with Crippen molar-refractivity contribution in [1.82, 2.24) is 19.4 Å². The quantitative estimate of drug-likeness (QED) is 0.654. The van der Waals surface area contributed by atoms with E-state index in [2.05, 4.69) is 18.8 Å². The maximum absolute atomic E-state index is 13.1. The molecular formula is C22H26N4O4. The van der Waals surface area contributed by atoms with Crippen molar-refractivity contribution >= 4 is 28.1 Å². The van der Waals surface area contributed by atoms with Crippen molar-refractivity contribution < 1.29 is 13.9 Å². The number of carbonyl (C=O) groups is 1. The molecule has 1 aliphatic heterocycles. The first-order chi connectivity index (χ1) is 14.5.